The number of H-pyrrole nitrogens is 1. The maximum absolute atomic E-state index is 13.8. The minimum atomic E-state index is -0.299. The molecule has 27 heavy (non-hydrogen) atoms. The van der Waals surface area contributed by atoms with Crippen molar-refractivity contribution < 1.29 is 4.39 Å². The third-order valence-electron chi connectivity index (χ3n) is 4.69. The number of nitrogens with two attached hydrogens (primary N) is 1. The molecule has 0 unspecified atom stereocenters. The van der Waals surface area contributed by atoms with Gasteiger partial charge in [-0.3, -0.25) is 4.68 Å². The normalized spacial score (nSPS) is 11.4. The van der Waals surface area contributed by atoms with Crippen molar-refractivity contribution in [2.75, 3.05) is 0 Å². The third-order valence-corrected chi connectivity index (χ3v) is 4.89. The Morgan fingerprint density at radius 1 is 1.22 bits per heavy atom. The minimum absolute atomic E-state index is 0.299. The third kappa shape index (κ3) is 3.34. The summed E-state index contributed by atoms with van der Waals surface area (Å²) in [5, 5.41) is 6.25. The van der Waals surface area contributed by atoms with Crippen LogP contribution in [0.3, 0.4) is 0 Å². The van der Waals surface area contributed by atoms with Crippen LogP contribution in [0.15, 0.2) is 42.7 Å². The van der Waals surface area contributed by atoms with Crippen LogP contribution >= 0.6 is 11.6 Å². The van der Waals surface area contributed by atoms with Crippen molar-refractivity contribution in [3.05, 3.63) is 70.4 Å². The first-order valence-electron chi connectivity index (χ1n) is 8.76. The quantitative estimate of drug-likeness (QED) is 0.540. The smallest absolute Gasteiger partial charge is 0.137 e. The summed E-state index contributed by atoms with van der Waals surface area (Å²) < 4.78 is 15.7. The van der Waals surface area contributed by atoms with Gasteiger partial charge in [0.05, 0.1) is 10.7 Å². The second-order valence-corrected chi connectivity index (χ2v) is 6.82. The van der Waals surface area contributed by atoms with Crippen molar-refractivity contribution >= 4 is 22.6 Å². The molecule has 0 aliphatic carbocycles. The van der Waals surface area contributed by atoms with Gasteiger partial charge in [-0.15, -0.1) is 0 Å². The number of pyridine rings is 1. The lowest BCUT2D eigenvalue weighted by molar-refractivity contribution is 0.625. The highest BCUT2D eigenvalue weighted by Crippen LogP contribution is 2.27. The molecule has 0 saturated heterocycles. The number of hydrogen-bond acceptors (Lipinski definition) is 3. The number of nitrogens with one attached hydrogen (secondary N) is 1. The van der Waals surface area contributed by atoms with Gasteiger partial charge >= 0.3 is 0 Å². The molecule has 0 spiro atoms. The van der Waals surface area contributed by atoms with Gasteiger partial charge in [0.2, 0.25) is 0 Å². The molecule has 0 bridgehead atoms. The van der Waals surface area contributed by atoms with Crippen LogP contribution in [0, 0.1) is 5.82 Å². The number of halogens is 2. The molecule has 7 heteroatoms. The summed E-state index contributed by atoms with van der Waals surface area (Å²) >= 11 is 6.10. The molecule has 138 valence electrons. The Hall–Kier alpha value is -2.70. The molecular formula is C20H19ClFN5. The average Bonchev–Trinajstić information content (AvgIpc) is 3.26. The Balaban J connectivity index is 1.76. The van der Waals surface area contributed by atoms with Gasteiger partial charge in [0.25, 0.3) is 0 Å². The summed E-state index contributed by atoms with van der Waals surface area (Å²) in [4.78, 5) is 7.48. The van der Waals surface area contributed by atoms with Crippen molar-refractivity contribution in [2.45, 2.75) is 26.4 Å². The summed E-state index contributed by atoms with van der Waals surface area (Å²) in [6.45, 7) is 3.07. The van der Waals surface area contributed by atoms with Crippen LogP contribution < -0.4 is 5.73 Å². The molecule has 0 fully saturated rings. The highest BCUT2D eigenvalue weighted by atomic mass is 35.5. The van der Waals surface area contributed by atoms with Crippen molar-refractivity contribution in [1.82, 2.24) is 19.7 Å². The van der Waals surface area contributed by atoms with Crippen LogP contribution in [-0.4, -0.2) is 19.7 Å². The van der Waals surface area contributed by atoms with Gasteiger partial charge in [0, 0.05) is 48.5 Å². The van der Waals surface area contributed by atoms with E-state index in [0.29, 0.717) is 24.5 Å². The minimum Gasteiger partial charge on any atom is -0.346 e. The topological polar surface area (TPSA) is 72.5 Å². The Bertz CT molecular complexity index is 1110. The number of benzene rings is 1. The van der Waals surface area contributed by atoms with E-state index < -0.39 is 0 Å². The van der Waals surface area contributed by atoms with E-state index in [-0.39, 0.29) is 5.82 Å². The lowest BCUT2D eigenvalue weighted by Crippen LogP contribution is -2.03. The fraction of sp³-hybridized carbons (Fsp3) is 0.200. The number of aromatic amines is 1. The first kappa shape index (κ1) is 17.7. The fourth-order valence-electron chi connectivity index (χ4n) is 3.34. The van der Waals surface area contributed by atoms with E-state index in [9.17, 15) is 4.39 Å². The van der Waals surface area contributed by atoms with Crippen LogP contribution in [-0.2, 0) is 19.5 Å². The first-order chi connectivity index (χ1) is 13.1. The van der Waals surface area contributed by atoms with E-state index in [1.54, 1.807) is 12.3 Å². The molecule has 1 aromatic carbocycles. The average molecular weight is 384 g/mol. The summed E-state index contributed by atoms with van der Waals surface area (Å²) in [5.74, 6) is -0.299. The van der Waals surface area contributed by atoms with Crippen molar-refractivity contribution in [3.8, 4) is 11.3 Å². The predicted octanol–water partition coefficient (Wildman–Crippen LogP) is 4.29. The van der Waals surface area contributed by atoms with Gasteiger partial charge in [-0.2, -0.15) is 5.10 Å². The van der Waals surface area contributed by atoms with Crippen molar-refractivity contribution in [1.29, 1.82) is 0 Å². The van der Waals surface area contributed by atoms with Gasteiger partial charge in [0.1, 0.15) is 11.5 Å². The van der Waals surface area contributed by atoms with E-state index in [1.165, 1.54) is 12.1 Å². The molecule has 0 atom stereocenters. The summed E-state index contributed by atoms with van der Waals surface area (Å²) in [7, 11) is 0. The van der Waals surface area contributed by atoms with Gasteiger partial charge in [-0.1, -0.05) is 17.7 Å². The molecule has 4 rings (SSSR count). The highest BCUT2D eigenvalue weighted by molar-refractivity contribution is 6.31. The van der Waals surface area contributed by atoms with Crippen LogP contribution in [0.25, 0.3) is 22.3 Å². The second kappa shape index (κ2) is 7.13. The van der Waals surface area contributed by atoms with Gasteiger partial charge < -0.3 is 10.7 Å². The van der Waals surface area contributed by atoms with Crippen LogP contribution in [0.1, 0.15) is 23.7 Å². The van der Waals surface area contributed by atoms with E-state index in [2.05, 4.69) is 15.1 Å². The van der Waals surface area contributed by atoms with E-state index in [0.717, 1.165) is 39.1 Å². The standard InChI is InChI=1S/C20H19ClFN5/c1-2-27-16(5-13-10-24-20-18(13)6-14(21)11-25-20)8-19(26-27)17-7-15(22)4-3-12(17)9-23/h3-4,6-8,10-11H,2,5,9,23H2,1H3,(H,24,25). The van der Waals surface area contributed by atoms with Crippen molar-refractivity contribution in [3.63, 3.8) is 0 Å². The lowest BCUT2D eigenvalue weighted by atomic mass is 10.0. The maximum Gasteiger partial charge on any atom is 0.137 e. The van der Waals surface area contributed by atoms with Gasteiger partial charge in [-0.25, -0.2) is 9.37 Å². The highest BCUT2D eigenvalue weighted by Gasteiger charge is 2.15. The predicted molar refractivity (Wildman–Crippen MR) is 105 cm³/mol. The van der Waals surface area contributed by atoms with E-state index in [1.807, 2.05) is 29.9 Å². The Morgan fingerprint density at radius 3 is 2.85 bits per heavy atom. The molecule has 0 aliphatic heterocycles. The molecular weight excluding hydrogens is 365 g/mol. The van der Waals surface area contributed by atoms with Gasteiger partial charge in [0.15, 0.2) is 0 Å². The Morgan fingerprint density at radius 2 is 2.07 bits per heavy atom. The number of aromatic nitrogens is 4. The molecule has 3 aromatic heterocycles. The molecule has 0 amide bonds. The molecule has 3 N–H and O–H groups in total. The zero-order chi connectivity index (χ0) is 19.0. The second-order valence-electron chi connectivity index (χ2n) is 6.38. The first-order valence-corrected chi connectivity index (χ1v) is 9.14. The molecule has 5 nitrogen and oxygen atoms in total. The molecule has 4 aromatic rings. The van der Waals surface area contributed by atoms with Gasteiger partial charge in [-0.05, 0) is 42.3 Å². The zero-order valence-corrected chi connectivity index (χ0v) is 15.6. The van der Waals surface area contributed by atoms with E-state index >= 15 is 0 Å². The number of aryl methyl sites for hydroxylation is 1. The number of hydrogen-bond donors (Lipinski definition) is 2. The Labute approximate surface area is 161 Å². The SMILES string of the molecule is CCn1nc(-c2cc(F)ccc2CN)cc1Cc1c[nH]c2ncc(Cl)cc12. The van der Waals surface area contributed by atoms with Crippen LogP contribution in [0.4, 0.5) is 4.39 Å². The van der Waals surface area contributed by atoms with Crippen LogP contribution in [0.5, 0.6) is 0 Å². The molecule has 3 heterocycles. The molecule has 0 aliphatic rings. The monoisotopic (exact) mass is 383 g/mol. The van der Waals surface area contributed by atoms with E-state index in [4.69, 9.17) is 17.3 Å². The molecule has 0 saturated carbocycles. The Kier molecular flexibility index (Phi) is 4.68. The largest absolute Gasteiger partial charge is 0.346 e. The summed E-state index contributed by atoms with van der Waals surface area (Å²) in [5.41, 5.74) is 11.1. The van der Waals surface area contributed by atoms with Crippen LogP contribution in [0.2, 0.25) is 5.02 Å². The van der Waals surface area contributed by atoms with Crippen molar-refractivity contribution in [2.24, 2.45) is 5.73 Å². The number of nitrogens with zero attached hydrogens (tertiary/aromatic N) is 3. The number of rotatable bonds is 5. The summed E-state index contributed by atoms with van der Waals surface area (Å²) in [6.07, 6.45) is 4.22. The molecule has 0 radical (unpaired) electrons. The number of fused-ring (bicyclic) bond motifs is 1. The maximum atomic E-state index is 13.8. The zero-order valence-electron chi connectivity index (χ0n) is 14.8. The summed E-state index contributed by atoms with van der Waals surface area (Å²) in [6, 6.07) is 8.52. The fourth-order valence-corrected chi connectivity index (χ4v) is 3.50. The lowest BCUT2D eigenvalue weighted by Gasteiger charge is -2.05.